The summed E-state index contributed by atoms with van der Waals surface area (Å²) in [6, 6.07) is 4.58. The number of carboxylic acid groups (broad SMARTS) is 1. The van der Waals surface area contributed by atoms with Gasteiger partial charge in [-0.1, -0.05) is 19.8 Å². The molecule has 37 heavy (non-hydrogen) atoms. The summed E-state index contributed by atoms with van der Waals surface area (Å²) in [5.74, 6) is -0.284. The molecule has 0 fully saturated rings. The summed E-state index contributed by atoms with van der Waals surface area (Å²) < 4.78 is 16.5. The summed E-state index contributed by atoms with van der Waals surface area (Å²) in [5, 5.41) is 15.3. The zero-order valence-electron chi connectivity index (χ0n) is 21.4. The van der Waals surface area contributed by atoms with Gasteiger partial charge in [0.05, 0.1) is 19.7 Å². The quantitative estimate of drug-likeness (QED) is 0.144. The maximum Gasteiger partial charge on any atom is 0.325 e. The van der Waals surface area contributed by atoms with Crippen LogP contribution in [0.15, 0.2) is 18.2 Å². The predicted molar refractivity (Wildman–Crippen MR) is 140 cm³/mol. The summed E-state index contributed by atoms with van der Waals surface area (Å²) >= 11 is 0. The number of nitrogens with one attached hydrogen (secondary N) is 2. The van der Waals surface area contributed by atoms with Gasteiger partial charge in [-0.05, 0) is 43.5 Å². The Balaban J connectivity index is 2.32. The van der Waals surface area contributed by atoms with Crippen LogP contribution in [0.4, 0.5) is 11.8 Å². The molecule has 2 aromatic rings. The van der Waals surface area contributed by atoms with Crippen molar-refractivity contribution in [3.8, 4) is 5.75 Å². The van der Waals surface area contributed by atoms with Gasteiger partial charge in [0.15, 0.2) is 0 Å². The van der Waals surface area contributed by atoms with E-state index in [1.165, 1.54) is 7.11 Å². The molecule has 0 aliphatic rings. The summed E-state index contributed by atoms with van der Waals surface area (Å²) in [6.45, 7) is 3.93. The number of rotatable bonds is 15. The van der Waals surface area contributed by atoms with E-state index in [4.69, 9.17) is 20.3 Å². The Bertz CT molecular complexity index is 1140. The van der Waals surface area contributed by atoms with Gasteiger partial charge in [-0.15, -0.1) is 0 Å². The Labute approximate surface area is 216 Å². The molecule has 0 aliphatic heterocycles. The molecule has 1 amide bonds. The van der Waals surface area contributed by atoms with E-state index in [0.717, 1.165) is 12.8 Å². The number of nitrogen functional groups attached to an aromatic ring is 1. The van der Waals surface area contributed by atoms with Crippen LogP contribution in [0.25, 0.3) is 0 Å². The van der Waals surface area contributed by atoms with E-state index < -0.39 is 13.6 Å². The first kappa shape index (κ1) is 30.0. The molecule has 1 heterocycles. The molecule has 2 rings (SSSR count). The second-order valence-electron chi connectivity index (χ2n) is 8.78. The van der Waals surface area contributed by atoms with Crippen LogP contribution in [0.2, 0.25) is 0 Å². The highest BCUT2D eigenvalue weighted by Crippen LogP contribution is 2.34. The lowest BCUT2D eigenvalue weighted by atomic mass is 9.99. The number of methoxy groups -OCH3 is 1. The topological polar surface area (TPSA) is 197 Å². The lowest BCUT2D eigenvalue weighted by molar-refractivity contribution is -0.137. The molecule has 0 aliphatic carbocycles. The van der Waals surface area contributed by atoms with Crippen LogP contribution in [0.3, 0.4) is 0 Å². The van der Waals surface area contributed by atoms with Gasteiger partial charge < -0.3 is 36.0 Å². The smallest absolute Gasteiger partial charge is 0.325 e. The highest BCUT2D eigenvalue weighted by atomic mass is 31.2. The standard InChI is InChI=1S/C24H36N5O7P/c1-4-5-7-18(14-21(30)31)28-22-19(15(2)27-24(25)29-22)13-17-12-16(8-9-20(17)36-3)23(32)26-10-6-11-37(33,34)35/h8-9,12,18H,4-7,10-11,13-14H2,1-3H3,(H,26,32)(H,30,31)(H2,33,34,35)(H3,25,27,28,29)/t18-/m0/s1. The van der Waals surface area contributed by atoms with Crippen molar-refractivity contribution in [2.45, 2.75) is 58.4 Å². The van der Waals surface area contributed by atoms with Gasteiger partial charge in [0.1, 0.15) is 11.6 Å². The molecule has 13 heteroatoms. The number of aryl methyl sites for hydroxylation is 1. The largest absolute Gasteiger partial charge is 0.496 e. The van der Waals surface area contributed by atoms with Crippen molar-refractivity contribution in [3.05, 3.63) is 40.6 Å². The fourth-order valence-electron chi connectivity index (χ4n) is 3.87. The molecule has 1 aromatic carbocycles. The summed E-state index contributed by atoms with van der Waals surface area (Å²) in [7, 11) is -2.61. The lowest BCUT2D eigenvalue weighted by Crippen LogP contribution is -2.25. The zero-order chi connectivity index (χ0) is 27.6. The summed E-state index contributed by atoms with van der Waals surface area (Å²) in [4.78, 5) is 50.6. The minimum absolute atomic E-state index is 0.0590. The fourth-order valence-corrected chi connectivity index (χ4v) is 4.44. The first-order valence-corrected chi connectivity index (χ1v) is 13.8. The van der Waals surface area contributed by atoms with Crippen LogP contribution in [-0.4, -0.2) is 62.6 Å². The third-order valence-electron chi connectivity index (χ3n) is 5.72. The number of unbranched alkanes of at least 4 members (excludes halogenated alkanes) is 1. The number of carbonyl (C=O) groups is 2. The third-order valence-corrected chi connectivity index (χ3v) is 6.62. The van der Waals surface area contributed by atoms with E-state index in [1.807, 2.05) is 6.92 Å². The zero-order valence-corrected chi connectivity index (χ0v) is 22.3. The molecule has 0 saturated carbocycles. The monoisotopic (exact) mass is 537 g/mol. The Morgan fingerprint density at radius 1 is 1.22 bits per heavy atom. The number of anilines is 2. The Hall–Kier alpha value is -3.21. The Morgan fingerprint density at radius 2 is 1.95 bits per heavy atom. The van der Waals surface area contributed by atoms with E-state index >= 15 is 0 Å². The van der Waals surface area contributed by atoms with Crippen LogP contribution < -0.4 is 21.1 Å². The van der Waals surface area contributed by atoms with Gasteiger partial charge in [0, 0.05) is 35.8 Å². The number of benzene rings is 1. The number of amides is 1. The molecule has 0 saturated heterocycles. The minimum Gasteiger partial charge on any atom is -0.496 e. The Kier molecular flexibility index (Phi) is 11.3. The van der Waals surface area contributed by atoms with Crippen LogP contribution >= 0.6 is 7.60 Å². The van der Waals surface area contributed by atoms with Gasteiger partial charge in [-0.3, -0.25) is 14.2 Å². The van der Waals surface area contributed by atoms with Gasteiger partial charge in [0.2, 0.25) is 5.95 Å². The van der Waals surface area contributed by atoms with Gasteiger partial charge in [-0.25, -0.2) is 4.98 Å². The first-order chi connectivity index (χ1) is 17.4. The molecular weight excluding hydrogens is 501 g/mol. The van der Waals surface area contributed by atoms with Crippen molar-refractivity contribution in [2.24, 2.45) is 0 Å². The maximum absolute atomic E-state index is 12.6. The number of hydrogen-bond acceptors (Lipinski definition) is 8. The summed E-state index contributed by atoms with van der Waals surface area (Å²) in [5.41, 5.74) is 8.22. The van der Waals surface area contributed by atoms with E-state index in [9.17, 15) is 19.3 Å². The van der Waals surface area contributed by atoms with Crippen molar-refractivity contribution in [2.75, 3.05) is 30.9 Å². The number of carbonyl (C=O) groups excluding carboxylic acids is 1. The maximum atomic E-state index is 12.6. The van der Waals surface area contributed by atoms with E-state index in [-0.39, 0.29) is 49.9 Å². The van der Waals surface area contributed by atoms with Crippen LogP contribution in [0, 0.1) is 6.92 Å². The lowest BCUT2D eigenvalue weighted by Gasteiger charge is -2.21. The molecule has 0 unspecified atom stereocenters. The molecule has 0 radical (unpaired) electrons. The highest BCUT2D eigenvalue weighted by Gasteiger charge is 2.20. The second kappa shape index (κ2) is 13.9. The van der Waals surface area contributed by atoms with Crippen molar-refractivity contribution in [3.63, 3.8) is 0 Å². The summed E-state index contributed by atoms with van der Waals surface area (Å²) in [6.07, 6.45) is 2.44. The molecule has 0 bridgehead atoms. The van der Waals surface area contributed by atoms with Crippen molar-refractivity contribution < 1.29 is 33.8 Å². The first-order valence-electron chi connectivity index (χ1n) is 12.0. The van der Waals surface area contributed by atoms with Crippen molar-refractivity contribution in [1.29, 1.82) is 0 Å². The van der Waals surface area contributed by atoms with Gasteiger partial charge in [0.25, 0.3) is 5.91 Å². The number of hydrogen-bond donors (Lipinski definition) is 6. The van der Waals surface area contributed by atoms with Gasteiger partial charge in [-0.2, -0.15) is 4.98 Å². The van der Waals surface area contributed by atoms with Crippen molar-refractivity contribution >= 4 is 31.2 Å². The molecule has 12 nitrogen and oxygen atoms in total. The second-order valence-corrected chi connectivity index (χ2v) is 10.6. The van der Waals surface area contributed by atoms with E-state index in [2.05, 4.69) is 20.6 Å². The molecule has 0 spiro atoms. The fraction of sp³-hybridized carbons (Fsp3) is 0.500. The average molecular weight is 538 g/mol. The number of aromatic nitrogens is 2. The number of carboxylic acids is 1. The van der Waals surface area contributed by atoms with E-state index in [0.29, 0.717) is 40.4 Å². The van der Waals surface area contributed by atoms with Crippen LogP contribution in [0.1, 0.15) is 66.2 Å². The molecule has 204 valence electrons. The van der Waals surface area contributed by atoms with E-state index in [1.54, 1.807) is 25.1 Å². The SMILES string of the molecule is CCCC[C@@H](CC(=O)O)Nc1nc(N)nc(C)c1Cc1cc(C(=O)NCCCP(=O)(O)O)ccc1OC. The third kappa shape index (κ3) is 9.99. The molecule has 1 aromatic heterocycles. The minimum atomic E-state index is -4.12. The molecule has 7 N–H and O–H groups in total. The Morgan fingerprint density at radius 3 is 2.57 bits per heavy atom. The highest BCUT2D eigenvalue weighted by molar-refractivity contribution is 7.51. The number of aliphatic carboxylic acids is 1. The van der Waals surface area contributed by atoms with Gasteiger partial charge >= 0.3 is 13.6 Å². The van der Waals surface area contributed by atoms with Crippen LogP contribution in [0.5, 0.6) is 5.75 Å². The molecule has 1 atom stereocenters. The average Bonchev–Trinajstić information content (AvgIpc) is 2.81. The number of ether oxygens (including phenoxy) is 1. The van der Waals surface area contributed by atoms with Crippen LogP contribution in [-0.2, 0) is 15.8 Å². The van der Waals surface area contributed by atoms with Crippen molar-refractivity contribution in [1.82, 2.24) is 15.3 Å². The predicted octanol–water partition coefficient (Wildman–Crippen LogP) is 2.71. The number of nitrogens with zero attached hydrogens (tertiary/aromatic N) is 2. The number of nitrogens with two attached hydrogens (primary N) is 1. The molecular formula is C24H36N5O7P. The normalized spacial score (nSPS) is 12.1.